The number of rotatable bonds is 4. The van der Waals surface area contributed by atoms with Gasteiger partial charge in [-0.1, -0.05) is 57.2 Å². The second-order valence-corrected chi connectivity index (χ2v) is 18.1. The van der Waals surface area contributed by atoms with Crippen molar-refractivity contribution in [1.82, 2.24) is 9.13 Å². The summed E-state index contributed by atoms with van der Waals surface area (Å²) >= 11 is 0. The van der Waals surface area contributed by atoms with Gasteiger partial charge in [-0.15, -0.1) is 0 Å². The van der Waals surface area contributed by atoms with Crippen molar-refractivity contribution in [2.75, 3.05) is 0 Å². The summed E-state index contributed by atoms with van der Waals surface area (Å²) < 4.78 is 9.47. The Hall–Kier alpha value is -4.96. The summed E-state index contributed by atoms with van der Waals surface area (Å²) in [7, 11) is 8.82. The average molecular weight is 717 g/mol. The van der Waals surface area contributed by atoms with Crippen LogP contribution in [0.25, 0.3) is 66.8 Å². The molecule has 0 aliphatic carbocycles. The quantitative estimate of drug-likeness (QED) is 0.161. The molecule has 7 rings (SSSR count). The van der Waals surface area contributed by atoms with Crippen molar-refractivity contribution in [3.8, 4) is 44.8 Å². The number of hydrogen-bond donors (Lipinski definition) is 0. The topological polar surface area (TPSA) is 17.6 Å². The molecule has 0 radical (unpaired) electrons. The van der Waals surface area contributed by atoms with Crippen molar-refractivity contribution in [3.63, 3.8) is 0 Å². The highest BCUT2D eigenvalue weighted by Crippen LogP contribution is 2.41. The molecule has 0 spiro atoms. The fraction of sp³-hybridized carbons (Fsp3) is 0.360. The lowest BCUT2D eigenvalue weighted by molar-refractivity contribution is -0.657. The summed E-state index contributed by atoms with van der Waals surface area (Å²) in [6.45, 7) is 27.5. The molecule has 2 heterocycles. The molecular formula is C50H60N4+2. The van der Waals surface area contributed by atoms with Crippen molar-refractivity contribution in [3.05, 3.63) is 118 Å². The normalized spacial score (nSPS) is 12.4. The van der Waals surface area contributed by atoms with E-state index in [2.05, 4.69) is 202 Å². The Kier molecular flexibility index (Phi) is 8.87. The number of imidazole rings is 2. The molecule has 278 valence electrons. The average Bonchev–Trinajstić information content (AvgIpc) is 3.47. The summed E-state index contributed by atoms with van der Waals surface area (Å²) in [6.07, 6.45) is 0. The number of hydrogen-bond acceptors (Lipinski definition) is 0. The minimum atomic E-state index is 0.0432. The van der Waals surface area contributed by atoms with Gasteiger partial charge in [0.1, 0.15) is 0 Å². The SMILES string of the molecule is Cc1cc(C)c(-c2n(C)c3cc(-c4ccc5c(c4)n(C)c(C(C)(C)C)[n+]5C)ccc3[n+]2C)c(C)c1-c1ccc(-c2c(C)cc(C)c(C(C)(C)C)c2C)cc1. The third-order valence-electron chi connectivity index (χ3n) is 12.1. The summed E-state index contributed by atoms with van der Waals surface area (Å²) in [4.78, 5) is 0. The first-order valence-electron chi connectivity index (χ1n) is 19.5. The van der Waals surface area contributed by atoms with Crippen molar-refractivity contribution in [2.24, 2.45) is 28.2 Å². The maximum absolute atomic E-state index is 2.39. The molecule has 0 saturated carbocycles. The molecule has 0 unspecified atom stereocenters. The summed E-state index contributed by atoms with van der Waals surface area (Å²) in [5.41, 5.74) is 23.6. The Labute approximate surface area is 323 Å². The standard InChI is InChI=1S/C50H60N4/c1-29-25-31(3)45(33(5)43(29)35-17-19-36(20-18-35)44-30(2)26-32(4)46(34(44)6)49(7,8)9)47-51(13)39-23-21-37(27-41(39)52(47)14)38-22-24-40-42(28-38)54(16)48(53(40)15)50(10,11)12/h17-28H,1-16H3/q+2. The monoisotopic (exact) mass is 716 g/mol. The molecule has 54 heavy (non-hydrogen) atoms. The minimum Gasteiger partial charge on any atom is -0.230 e. The van der Waals surface area contributed by atoms with Crippen LogP contribution in [-0.2, 0) is 39.0 Å². The zero-order valence-corrected chi connectivity index (χ0v) is 35.7. The van der Waals surface area contributed by atoms with Crippen LogP contribution in [0, 0.1) is 41.5 Å². The van der Waals surface area contributed by atoms with Crippen LogP contribution in [0.2, 0.25) is 0 Å². The van der Waals surface area contributed by atoms with Gasteiger partial charge in [0, 0.05) is 0 Å². The van der Waals surface area contributed by atoms with Gasteiger partial charge in [0.05, 0.1) is 39.2 Å². The van der Waals surface area contributed by atoms with E-state index >= 15 is 0 Å². The number of aryl methyl sites for hydroxylation is 8. The van der Waals surface area contributed by atoms with E-state index < -0.39 is 0 Å². The molecule has 0 saturated heterocycles. The zero-order valence-electron chi connectivity index (χ0n) is 35.7. The van der Waals surface area contributed by atoms with Crippen LogP contribution in [0.1, 0.15) is 86.3 Å². The van der Waals surface area contributed by atoms with E-state index in [-0.39, 0.29) is 10.8 Å². The molecule has 0 fully saturated rings. The highest BCUT2D eigenvalue weighted by molar-refractivity contribution is 5.88. The first kappa shape index (κ1) is 37.4. The smallest absolute Gasteiger partial charge is 0.230 e. The maximum Gasteiger partial charge on any atom is 0.289 e. The number of benzene rings is 5. The molecule has 4 heteroatoms. The first-order valence-corrected chi connectivity index (χ1v) is 19.5. The molecule has 0 bridgehead atoms. The van der Waals surface area contributed by atoms with Gasteiger partial charge in [-0.05, 0) is 176 Å². The molecule has 2 aromatic heterocycles. The third-order valence-corrected chi connectivity index (χ3v) is 12.1. The Morgan fingerprint density at radius 3 is 1.37 bits per heavy atom. The van der Waals surface area contributed by atoms with E-state index in [0.29, 0.717) is 0 Å². The van der Waals surface area contributed by atoms with Gasteiger partial charge in [-0.25, -0.2) is 18.3 Å². The van der Waals surface area contributed by atoms with Gasteiger partial charge in [0.2, 0.25) is 0 Å². The second-order valence-electron chi connectivity index (χ2n) is 18.1. The van der Waals surface area contributed by atoms with Crippen LogP contribution in [0.5, 0.6) is 0 Å². The van der Waals surface area contributed by atoms with Crippen LogP contribution in [-0.4, -0.2) is 9.13 Å². The van der Waals surface area contributed by atoms with E-state index in [4.69, 9.17) is 0 Å². The largest absolute Gasteiger partial charge is 0.289 e. The molecule has 0 N–H and O–H groups in total. The highest BCUT2D eigenvalue weighted by Gasteiger charge is 2.32. The second kappa shape index (κ2) is 12.8. The van der Waals surface area contributed by atoms with Gasteiger partial charge in [-0.2, -0.15) is 0 Å². The minimum absolute atomic E-state index is 0.0432. The Morgan fingerprint density at radius 2 is 0.870 bits per heavy atom. The van der Waals surface area contributed by atoms with E-state index in [1.807, 2.05) is 0 Å². The van der Waals surface area contributed by atoms with E-state index in [1.165, 1.54) is 112 Å². The van der Waals surface area contributed by atoms with Crippen molar-refractivity contribution in [2.45, 2.75) is 93.9 Å². The molecular weight excluding hydrogens is 657 g/mol. The van der Waals surface area contributed by atoms with Crippen LogP contribution in [0.15, 0.2) is 72.8 Å². The van der Waals surface area contributed by atoms with Crippen molar-refractivity contribution >= 4 is 22.1 Å². The predicted octanol–water partition coefficient (Wildman–Crippen LogP) is 11.4. The third kappa shape index (κ3) is 5.81. The van der Waals surface area contributed by atoms with Gasteiger partial charge >= 0.3 is 0 Å². The number of nitrogens with zero attached hydrogens (tertiary/aromatic N) is 4. The first-order chi connectivity index (χ1) is 25.2. The zero-order chi connectivity index (χ0) is 39.3. The van der Waals surface area contributed by atoms with Crippen LogP contribution in [0.3, 0.4) is 0 Å². The van der Waals surface area contributed by atoms with E-state index in [1.54, 1.807) is 0 Å². The number of fused-ring (bicyclic) bond motifs is 2. The molecule has 5 aromatic carbocycles. The molecule has 4 nitrogen and oxygen atoms in total. The Balaban J connectivity index is 1.32. The summed E-state index contributed by atoms with van der Waals surface area (Å²) in [5, 5.41) is 0. The van der Waals surface area contributed by atoms with Gasteiger partial charge < -0.3 is 0 Å². The Bertz CT molecular complexity index is 2640. The number of aromatic nitrogens is 4. The van der Waals surface area contributed by atoms with Crippen molar-refractivity contribution in [1.29, 1.82) is 0 Å². The molecule has 0 atom stereocenters. The van der Waals surface area contributed by atoms with E-state index in [9.17, 15) is 0 Å². The van der Waals surface area contributed by atoms with E-state index in [0.717, 1.165) is 0 Å². The fourth-order valence-corrected chi connectivity index (χ4v) is 10.3. The van der Waals surface area contributed by atoms with Crippen LogP contribution in [0.4, 0.5) is 0 Å². The highest BCUT2D eigenvalue weighted by atomic mass is 15.2. The predicted molar refractivity (Wildman–Crippen MR) is 229 cm³/mol. The van der Waals surface area contributed by atoms with Crippen molar-refractivity contribution < 1.29 is 9.13 Å². The molecule has 0 amide bonds. The lowest BCUT2D eigenvalue weighted by Gasteiger charge is -2.27. The van der Waals surface area contributed by atoms with Gasteiger partial charge in [0.25, 0.3) is 11.6 Å². The van der Waals surface area contributed by atoms with Gasteiger partial charge in [-0.3, -0.25) is 0 Å². The molecule has 7 aromatic rings. The Morgan fingerprint density at radius 1 is 0.444 bits per heavy atom. The van der Waals surface area contributed by atoms with Crippen LogP contribution < -0.4 is 9.13 Å². The lowest BCUT2D eigenvalue weighted by Crippen LogP contribution is -2.39. The fourth-order valence-electron chi connectivity index (χ4n) is 10.3. The van der Waals surface area contributed by atoms with Crippen LogP contribution >= 0.6 is 0 Å². The van der Waals surface area contributed by atoms with Gasteiger partial charge in [0.15, 0.2) is 22.1 Å². The maximum atomic E-state index is 2.39. The molecule has 0 aliphatic rings. The summed E-state index contributed by atoms with van der Waals surface area (Å²) in [5.74, 6) is 2.53. The molecule has 0 aliphatic heterocycles. The lowest BCUT2D eigenvalue weighted by atomic mass is 9.77. The summed E-state index contributed by atoms with van der Waals surface area (Å²) in [6, 6.07) is 27.9.